The molecule has 0 saturated carbocycles. The molecule has 1 atom stereocenters. The Kier molecular flexibility index (Phi) is 5.13. The molecule has 102 valence electrons. The van der Waals surface area contributed by atoms with Gasteiger partial charge in [-0.25, -0.2) is 0 Å². The molecule has 1 aromatic rings. The molecule has 1 unspecified atom stereocenters. The number of hydrogen-bond donors (Lipinski definition) is 2. The smallest absolute Gasteiger partial charge is 0.315 e. The molecule has 0 fully saturated rings. The van der Waals surface area contributed by atoms with E-state index in [1.807, 2.05) is 14.1 Å². The molecule has 0 spiro atoms. The Morgan fingerprint density at radius 2 is 1.89 bits per heavy atom. The Bertz CT molecular complexity index is 377. The molecule has 0 radical (unpaired) electrons. The van der Waals surface area contributed by atoms with Gasteiger partial charge in [-0.1, -0.05) is 18.2 Å². The SMILES string of the molecule is CN(C)C(N)CNCc1ccccc1C(F)(F)F. The number of benzene rings is 1. The topological polar surface area (TPSA) is 41.3 Å². The Labute approximate surface area is 105 Å². The Balaban J connectivity index is 2.63. The lowest BCUT2D eigenvalue weighted by molar-refractivity contribution is -0.138. The van der Waals surface area contributed by atoms with Crippen molar-refractivity contribution in [3.8, 4) is 0 Å². The zero-order valence-corrected chi connectivity index (χ0v) is 10.5. The molecule has 0 aliphatic heterocycles. The minimum absolute atomic E-state index is 0.150. The number of nitrogens with one attached hydrogen (secondary N) is 1. The van der Waals surface area contributed by atoms with Crippen LogP contribution in [0.3, 0.4) is 0 Å². The van der Waals surface area contributed by atoms with Crippen LogP contribution in [0.4, 0.5) is 13.2 Å². The maximum Gasteiger partial charge on any atom is 0.416 e. The van der Waals surface area contributed by atoms with Crippen LogP contribution in [0.5, 0.6) is 0 Å². The van der Waals surface area contributed by atoms with E-state index in [1.165, 1.54) is 12.1 Å². The Hall–Kier alpha value is -1.11. The van der Waals surface area contributed by atoms with Gasteiger partial charge < -0.3 is 11.1 Å². The minimum atomic E-state index is -4.32. The average Bonchev–Trinajstić information content (AvgIpc) is 2.28. The van der Waals surface area contributed by atoms with Crippen molar-refractivity contribution in [1.82, 2.24) is 10.2 Å². The van der Waals surface area contributed by atoms with Gasteiger partial charge in [0.15, 0.2) is 0 Å². The molecule has 0 heterocycles. The zero-order chi connectivity index (χ0) is 13.8. The number of alkyl halides is 3. The second-order valence-electron chi connectivity index (χ2n) is 4.32. The Morgan fingerprint density at radius 1 is 1.28 bits per heavy atom. The second kappa shape index (κ2) is 6.17. The van der Waals surface area contributed by atoms with Crippen molar-refractivity contribution in [2.24, 2.45) is 5.73 Å². The van der Waals surface area contributed by atoms with Crippen molar-refractivity contribution < 1.29 is 13.2 Å². The predicted octanol–water partition coefficient (Wildman–Crippen LogP) is 1.64. The third-order valence-electron chi connectivity index (χ3n) is 2.65. The first-order valence-corrected chi connectivity index (χ1v) is 5.60. The molecular formula is C12H18F3N3. The van der Waals surface area contributed by atoms with Crippen LogP contribution in [-0.4, -0.2) is 31.7 Å². The number of likely N-dealkylation sites (N-methyl/N-ethyl adjacent to an activating group) is 1. The third kappa shape index (κ3) is 4.29. The van der Waals surface area contributed by atoms with E-state index in [0.717, 1.165) is 6.07 Å². The lowest BCUT2D eigenvalue weighted by Crippen LogP contribution is -2.44. The largest absolute Gasteiger partial charge is 0.416 e. The molecule has 3 nitrogen and oxygen atoms in total. The lowest BCUT2D eigenvalue weighted by Gasteiger charge is -2.20. The normalized spacial score (nSPS) is 13.9. The molecular weight excluding hydrogens is 243 g/mol. The molecule has 0 bridgehead atoms. The number of nitrogens with two attached hydrogens (primary N) is 1. The predicted molar refractivity (Wildman–Crippen MR) is 64.8 cm³/mol. The first-order valence-electron chi connectivity index (χ1n) is 5.60. The molecule has 6 heteroatoms. The van der Waals surface area contributed by atoms with Crippen LogP contribution in [0, 0.1) is 0 Å². The van der Waals surface area contributed by atoms with Gasteiger partial charge in [-0.2, -0.15) is 13.2 Å². The summed E-state index contributed by atoms with van der Waals surface area (Å²) in [7, 11) is 3.63. The number of halogens is 3. The molecule has 3 N–H and O–H groups in total. The van der Waals surface area contributed by atoms with Gasteiger partial charge in [0.25, 0.3) is 0 Å². The maximum absolute atomic E-state index is 12.7. The van der Waals surface area contributed by atoms with Gasteiger partial charge in [0.05, 0.1) is 11.7 Å². The maximum atomic E-state index is 12.7. The fourth-order valence-corrected chi connectivity index (χ4v) is 1.49. The van der Waals surface area contributed by atoms with Gasteiger partial charge in [-0.15, -0.1) is 0 Å². The molecule has 0 amide bonds. The lowest BCUT2D eigenvalue weighted by atomic mass is 10.1. The van der Waals surface area contributed by atoms with Crippen LogP contribution in [0.25, 0.3) is 0 Å². The van der Waals surface area contributed by atoms with Crippen LogP contribution >= 0.6 is 0 Å². The molecule has 0 aromatic heterocycles. The van der Waals surface area contributed by atoms with E-state index in [0.29, 0.717) is 6.54 Å². The molecule has 0 aliphatic rings. The molecule has 1 rings (SSSR count). The summed E-state index contributed by atoms with van der Waals surface area (Å²) in [6.07, 6.45) is -4.54. The van der Waals surface area contributed by atoms with E-state index in [9.17, 15) is 13.2 Å². The summed E-state index contributed by atoms with van der Waals surface area (Å²) in [5, 5.41) is 2.93. The first-order chi connectivity index (χ1) is 8.32. The highest BCUT2D eigenvalue weighted by atomic mass is 19.4. The van der Waals surface area contributed by atoms with Gasteiger partial charge in [-0.3, -0.25) is 4.90 Å². The van der Waals surface area contributed by atoms with Crippen molar-refractivity contribution in [2.75, 3.05) is 20.6 Å². The number of rotatable bonds is 5. The van der Waals surface area contributed by atoms with Crippen LogP contribution in [0.1, 0.15) is 11.1 Å². The van der Waals surface area contributed by atoms with E-state index < -0.39 is 11.7 Å². The van der Waals surface area contributed by atoms with Crippen LogP contribution in [-0.2, 0) is 12.7 Å². The highest BCUT2D eigenvalue weighted by molar-refractivity contribution is 5.29. The summed E-state index contributed by atoms with van der Waals surface area (Å²) in [5.41, 5.74) is 5.38. The fourth-order valence-electron chi connectivity index (χ4n) is 1.49. The summed E-state index contributed by atoms with van der Waals surface area (Å²) in [5.74, 6) is 0. The fraction of sp³-hybridized carbons (Fsp3) is 0.500. The summed E-state index contributed by atoms with van der Waals surface area (Å²) in [6.45, 7) is 0.580. The van der Waals surface area contributed by atoms with E-state index in [4.69, 9.17) is 5.73 Å². The van der Waals surface area contributed by atoms with E-state index in [1.54, 1.807) is 11.0 Å². The zero-order valence-electron chi connectivity index (χ0n) is 10.5. The minimum Gasteiger partial charge on any atom is -0.315 e. The van der Waals surface area contributed by atoms with Crippen molar-refractivity contribution in [1.29, 1.82) is 0 Å². The molecule has 1 aromatic carbocycles. The molecule has 18 heavy (non-hydrogen) atoms. The number of nitrogens with zero attached hydrogens (tertiary/aromatic N) is 1. The summed E-state index contributed by atoms with van der Waals surface area (Å²) < 4.78 is 38.1. The molecule has 0 aliphatic carbocycles. The average molecular weight is 261 g/mol. The van der Waals surface area contributed by atoms with Gasteiger partial charge in [-0.05, 0) is 25.7 Å². The Morgan fingerprint density at radius 3 is 2.44 bits per heavy atom. The van der Waals surface area contributed by atoms with Crippen LogP contribution in [0.15, 0.2) is 24.3 Å². The van der Waals surface area contributed by atoms with Crippen molar-refractivity contribution in [3.05, 3.63) is 35.4 Å². The highest BCUT2D eigenvalue weighted by Crippen LogP contribution is 2.31. The van der Waals surface area contributed by atoms with E-state index in [2.05, 4.69) is 5.32 Å². The standard InChI is InChI=1S/C12H18F3N3/c1-18(2)11(16)8-17-7-9-5-3-4-6-10(9)12(13,14)15/h3-6,11,17H,7-8,16H2,1-2H3. The monoisotopic (exact) mass is 261 g/mol. The number of hydrogen-bond acceptors (Lipinski definition) is 3. The molecule has 0 saturated heterocycles. The quantitative estimate of drug-likeness (QED) is 0.792. The van der Waals surface area contributed by atoms with Gasteiger partial charge in [0.1, 0.15) is 0 Å². The van der Waals surface area contributed by atoms with E-state index in [-0.39, 0.29) is 18.3 Å². The van der Waals surface area contributed by atoms with Gasteiger partial charge in [0, 0.05) is 13.1 Å². The van der Waals surface area contributed by atoms with Crippen molar-refractivity contribution in [2.45, 2.75) is 18.9 Å². The van der Waals surface area contributed by atoms with Crippen molar-refractivity contribution in [3.63, 3.8) is 0 Å². The van der Waals surface area contributed by atoms with Crippen LogP contribution in [0.2, 0.25) is 0 Å². The summed E-state index contributed by atoms with van der Waals surface area (Å²) in [6, 6.07) is 5.54. The van der Waals surface area contributed by atoms with Crippen molar-refractivity contribution >= 4 is 0 Å². The van der Waals surface area contributed by atoms with Crippen LogP contribution < -0.4 is 11.1 Å². The third-order valence-corrected chi connectivity index (χ3v) is 2.65. The van der Waals surface area contributed by atoms with Gasteiger partial charge >= 0.3 is 6.18 Å². The highest BCUT2D eigenvalue weighted by Gasteiger charge is 2.32. The summed E-state index contributed by atoms with van der Waals surface area (Å²) >= 11 is 0. The first kappa shape index (κ1) is 14.9. The summed E-state index contributed by atoms with van der Waals surface area (Å²) in [4.78, 5) is 1.79. The van der Waals surface area contributed by atoms with E-state index >= 15 is 0 Å². The van der Waals surface area contributed by atoms with Gasteiger partial charge in [0.2, 0.25) is 0 Å². The second-order valence-corrected chi connectivity index (χ2v) is 4.32.